The maximum absolute atomic E-state index is 11.4. The Hall–Kier alpha value is -1.10. The van der Waals surface area contributed by atoms with Crippen LogP contribution in [0.5, 0.6) is 0 Å². The average molecular weight is 227 g/mol. The Morgan fingerprint density at radius 3 is 2.62 bits per heavy atom. The van der Waals surface area contributed by atoms with Gasteiger partial charge in [-0.25, -0.2) is 0 Å². The highest BCUT2D eigenvalue weighted by atomic mass is 16.2. The number of primary amides is 1. The van der Waals surface area contributed by atoms with E-state index < -0.39 is 11.9 Å². The van der Waals surface area contributed by atoms with E-state index in [1.165, 1.54) is 12.8 Å². The van der Waals surface area contributed by atoms with Gasteiger partial charge in [0, 0.05) is 6.54 Å². The first-order valence-corrected chi connectivity index (χ1v) is 5.93. The van der Waals surface area contributed by atoms with E-state index in [1.54, 1.807) is 0 Å². The van der Waals surface area contributed by atoms with Crippen LogP contribution in [-0.4, -0.2) is 30.9 Å². The van der Waals surface area contributed by atoms with E-state index in [4.69, 9.17) is 5.73 Å². The second-order valence-electron chi connectivity index (χ2n) is 4.36. The van der Waals surface area contributed by atoms with Crippen molar-refractivity contribution >= 4 is 11.8 Å². The van der Waals surface area contributed by atoms with Crippen molar-refractivity contribution in [2.45, 2.75) is 38.6 Å². The monoisotopic (exact) mass is 227 g/mol. The highest BCUT2D eigenvalue weighted by Crippen LogP contribution is 2.27. The Morgan fingerprint density at radius 1 is 1.44 bits per heavy atom. The molecule has 1 saturated carbocycles. The summed E-state index contributed by atoms with van der Waals surface area (Å²) < 4.78 is 0. The molecular weight excluding hydrogens is 206 g/mol. The van der Waals surface area contributed by atoms with Crippen molar-refractivity contribution in [2.75, 3.05) is 13.1 Å². The number of carbonyl (C=O) groups is 2. The van der Waals surface area contributed by atoms with Gasteiger partial charge in [-0.1, -0.05) is 6.92 Å². The second-order valence-corrected chi connectivity index (χ2v) is 4.36. The summed E-state index contributed by atoms with van der Waals surface area (Å²) in [6, 6.07) is -0.530. The summed E-state index contributed by atoms with van der Waals surface area (Å²) in [6.45, 7) is 3.42. The van der Waals surface area contributed by atoms with Crippen LogP contribution in [0.1, 0.15) is 32.6 Å². The van der Waals surface area contributed by atoms with Crippen LogP contribution >= 0.6 is 0 Å². The van der Waals surface area contributed by atoms with Gasteiger partial charge >= 0.3 is 0 Å². The van der Waals surface area contributed by atoms with Crippen LogP contribution in [0, 0.1) is 5.92 Å². The lowest BCUT2D eigenvalue weighted by Crippen LogP contribution is -2.45. The van der Waals surface area contributed by atoms with Gasteiger partial charge in [0.1, 0.15) is 0 Å². The maximum atomic E-state index is 11.4. The van der Waals surface area contributed by atoms with Crippen LogP contribution in [0.15, 0.2) is 0 Å². The minimum atomic E-state index is -0.530. The van der Waals surface area contributed by atoms with Crippen molar-refractivity contribution in [3.05, 3.63) is 0 Å². The fourth-order valence-corrected chi connectivity index (χ4v) is 1.43. The molecule has 0 aromatic rings. The molecule has 0 heterocycles. The van der Waals surface area contributed by atoms with Crippen molar-refractivity contribution in [1.29, 1.82) is 0 Å². The van der Waals surface area contributed by atoms with E-state index in [-0.39, 0.29) is 12.3 Å². The van der Waals surface area contributed by atoms with Gasteiger partial charge in [-0.15, -0.1) is 0 Å². The lowest BCUT2D eigenvalue weighted by atomic mass is 10.1. The molecule has 5 nitrogen and oxygen atoms in total. The lowest BCUT2D eigenvalue weighted by Gasteiger charge is -2.14. The molecule has 0 spiro atoms. The number of amides is 2. The van der Waals surface area contributed by atoms with E-state index in [1.807, 2.05) is 6.92 Å². The highest BCUT2D eigenvalue weighted by molar-refractivity contribution is 5.87. The summed E-state index contributed by atoms with van der Waals surface area (Å²) in [5.74, 6) is 0.0989. The van der Waals surface area contributed by atoms with Gasteiger partial charge in [-0.05, 0) is 31.7 Å². The largest absolute Gasteiger partial charge is 0.368 e. The van der Waals surface area contributed by atoms with Crippen molar-refractivity contribution < 1.29 is 9.59 Å². The van der Waals surface area contributed by atoms with Crippen LogP contribution in [0.3, 0.4) is 0 Å². The predicted molar refractivity (Wildman–Crippen MR) is 61.6 cm³/mol. The molecule has 0 saturated heterocycles. The zero-order chi connectivity index (χ0) is 12.0. The molecule has 0 aromatic heterocycles. The SMILES string of the molecule is CCCNC(=O)CC(NCC1CC1)C(N)=O. The molecule has 0 bridgehead atoms. The molecule has 0 radical (unpaired) electrons. The van der Waals surface area contributed by atoms with Gasteiger partial charge in [-0.3, -0.25) is 9.59 Å². The van der Waals surface area contributed by atoms with Crippen LogP contribution in [0.4, 0.5) is 0 Å². The Morgan fingerprint density at radius 2 is 2.12 bits per heavy atom. The average Bonchev–Trinajstić information content (AvgIpc) is 3.04. The molecule has 1 unspecified atom stereocenters. The molecule has 4 N–H and O–H groups in total. The van der Waals surface area contributed by atoms with E-state index in [0.717, 1.165) is 13.0 Å². The number of nitrogens with two attached hydrogens (primary N) is 1. The van der Waals surface area contributed by atoms with Crippen molar-refractivity contribution in [3.8, 4) is 0 Å². The first-order valence-electron chi connectivity index (χ1n) is 5.93. The molecule has 1 aliphatic rings. The van der Waals surface area contributed by atoms with E-state index in [9.17, 15) is 9.59 Å². The van der Waals surface area contributed by atoms with Crippen molar-refractivity contribution in [3.63, 3.8) is 0 Å². The molecule has 92 valence electrons. The Balaban J connectivity index is 2.25. The minimum Gasteiger partial charge on any atom is -0.368 e. The van der Waals surface area contributed by atoms with Crippen molar-refractivity contribution in [2.24, 2.45) is 11.7 Å². The number of rotatable bonds is 8. The zero-order valence-corrected chi connectivity index (χ0v) is 9.79. The summed E-state index contributed by atoms with van der Waals surface area (Å²) in [5.41, 5.74) is 5.24. The van der Waals surface area contributed by atoms with Crippen LogP contribution in [0.25, 0.3) is 0 Å². The standard InChI is InChI=1S/C11H21N3O2/c1-2-5-13-10(15)6-9(11(12)16)14-7-8-3-4-8/h8-9,14H,2-7H2,1H3,(H2,12,16)(H,13,15). The van der Waals surface area contributed by atoms with E-state index in [0.29, 0.717) is 12.5 Å². The van der Waals surface area contributed by atoms with Crippen LogP contribution < -0.4 is 16.4 Å². The third-order valence-electron chi connectivity index (χ3n) is 2.65. The molecular formula is C11H21N3O2. The minimum absolute atomic E-state index is 0.117. The molecule has 5 heteroatoms. The van der Waals surface area contributed by atoms with E-state index >= 15 is 0 Å². The Kier molecular flexibility index (Phi) is 5.25. The van der Waals surface area contributed by atoms with Gasteiger partial charge in [0.05, 0.1) is 12.5 Å². The molecule has 16 heavy (non-hydrogen) atoms. The smallest absolute Gasteiger partial charge is 0.235 e. The third kappa shape index (κ3) is 5.11. The second kappa shape index (κ2) is 6.48. The van der Waals surface area contributed by atoms with Gasteiger partial charge < -0.3 is 16.4 Å². The van der Waals surface area contributed by atoms with Crippen LogP contribution in [-0.2, 0) is 9.59 Å². The molecule has 1 fully saturated rings. The van der Waals surface area contributed by atoms with E-state index in [2.05, 4.69) is 10.6 Å². The summed E-state index contributed by atoms with van der Waals surface area (Å²) in [5, 5.41) is 5.79. The fourth-order valence-electron chi connectivity index (χ4n) is 1.43. The quantitative estimate of drug-likeness (QED) is 0.535. The maximum Gasteiger partial charge on any atom is 0.235 e. The van der Waals surface area contributed by atoms with Crippen molar-refractivity contribution in [1.82, 2.24) is 10.6 Å². The molecule has 0 aromatic carbocycles. The zero-order valence-electron chi connectivity index (χ0n) is 9.79. The van der Waals surface area contributed by atoms with Gasteiger partial charge in [-0.2, -0.15) is 0 Å². The highest BCUT2D eigenvalue weighted by Gasteiger charge is 2.25. The summed E-state index contributed by atoms with van der Waals surface area (Å²) >= 11 is 0. The van der Waals surface area contributed by atoms with Gasteiger partial charge in [0.25, 0.3) is 0 Å². The van der Waals surface area contributed by atoms with Gasteiger partial charge in [0.15, 0.2) is 0 Å². The van der Waals surface area contributed by atoms with Gasteiger partial charge in [0.2, 0.25) is 11.8 Å². The number of nitrogens with one attached hydrogen (secondary N) is 2. The topological polar surface area (TPSA) is 84.2 Å². The third-order valence-corrected chi connectivity index (χ3v) is 2.65. The summed E-state index contributed by atoms with van der Waals surface area (Å²) in [7, 11) is 0. The number of carbonyl (C=O) groups excluding carboxylic acids is 2. The molecule has 1 aliphatic carbocycles. The molecule has 0 aliphatic heterocycles. The molecule has 1 rings (SSSR count). The molecule has 1 atom stereocenters. The predicted octanol–water partition coefficient (Wildman–Crippen LogP) is -0.244. The number of hydrogen-bond donors (Lipinski definition) is 3. The Labute approximate surface area is 96.1 Å². The summed E-state index contributed by atoms with van der Waals surface area (Å²) in [6.07, 6.45) is 3.45. The normalized spacial score (nSPS) is 16.8. The lowest BCUT2D eigenvalue weighted by molar-refractivity contribution is -0.126. The Bertz CT molecular complexity index is 252. The first-order chi connectivity index (χ1) is 7.63. The fraction of sp³-hybridized carbons (Fsp3) is 0.818. The van der Waals surface area contributed by atoms with Crippen LogP contribution in [0.2, 0.25) is 0 Å². The summed E-state index contributed by atoms with van der Waals surface area (Å²) in [4.78, 5) is 22.5. The first kappa shape index (κ1) is 13.0. The molecule has 2 amide bonds. The number of hydrogen-bond acceptors (Lipinski definition) is 3.